The molecule has 0 aromatic heterocycles. The summed E-state index contributed by atoms with van der Waals surface area (Å²) in [5.74, 6) is 0.666. The van der Waals surface area contributed by atoms with Crippen molar-refractivity contribution in [1.82, 2.24) is 0 Å². The van der Waals surface area contributed by atoms with Gasteiger partial charge in [0, 0.05) is 14.2 Å². The highest BCUT2D eigenvalue weighted by atomic mass is 16.5. The van der Waals surface area contributed by atoms with E-state index >= 15 is 0 Å². The van der Waals surface area contributed by atoms with Gasteiger partial charge < -0.3 is 9.47 Å². The van der Waals surface area contributed by atoms with Gasteiger partial charge in [-0.25, -0.2) is 0 Å². The van der Waals surface area contributed by atoms with E-state index in [1.54, 1.807) is 14.2 Å². The van der Waals surface area contributed by atoms with Crippen molar-refractivity contribution in [2.45, 2.75) is 45.8 Å². The fraction of sp³-hybridized carbons (Fsp3) is 1.00. The number of hydrogen-bond acceptors (Lipinski definition) is 2. The number of rotatable bonds is 6. The van der Waals surface area contributed by atoms with Crippen molar-refractivity contribution in [3.05, 3.63) is 0 Å². The van der Waals surface area contributed by atoms with E-state index in [9.17, 15) is 0 Å². The largest absolute Gasteiger partial charge is 0.379 e. The highest BCUT2D eigenvalue weighted by molar-refractivity contribution is 4.70. The second-order valence-corrected chi connectivity index (χ2v) is 3.59. The van der Waals surface area contributed by atoms with Gasteiger partial charge in [0.2, 0.25) is 0 Å². The Morgan fingerprint density at radius 1 is 1.00 bits per heavy atom. The fourth-order valence-corrected chi connectivity index (χ4v) is 1.45. The average Bonchev–Trinajstić information content (AvgIpc) is 2.04. The van der Waals surface area contributed by atoms with Gasteiger partial charge in [0.15, 0.2) is 0 Å². The van der Waals surface area contributed by atoms with Crippen molar-refractivity contribution in [2.75, 3.05) is 14.2 Å². The Bertz CT molecular complexity index is 98.0. The van der Waals surface area contributed by atoms with Crippen molar-refractivity contribution in [3.8, 4) is 0 Å². The molecule has 0 spiro atoms. The SMILES string of the molecule is CCC(OC)C(CC(C)C)OC. The lowest BCUT2D eigenvalue weighted by Crippen LogP contribution is -2.30. The molecule has 0 saturated heterocycles. The first-order chi connectivity index (χ1) is 5.65. The van der Waals surface area contributed by atoms with Gasteiger partial charge in [-0.1, -0.05) is 20.8 Å². The van der Waals surface area contributed by atoms with Crippen LogP contribution in [-0.2, 0) is 9.47 Å². The molecule has 0 fully saturated rings. The molecule has 0 heterocycles. The lowest BCUT2D eigenvalue weighted by Gasteiger charge is -2.25. The topological polar surface area (TPSA) is 18.5 Å². The minimum absolute atomic E-state index is 0.248. The molecule has 2 nitrogen and oxygen atoms in total. The summed E-state index contributed by atoms with van der Waals surface area (Å²) < 4.78 is 10.7. The van der Waals surface area contributed by atoms with Crippen LogP contribution in [-0.4, -0.2) is 26.4 Å². The highest BCUT2D eigenvalue weighted by Crippen LogP contribution is 2.15. The van der Waals surface area contributed by atoms with Gasteiger partial charge in [0.1, 0.15) is 0 Å². The molecule has 0 aliphatic carbocycles. The maximum atomic E-state index is 5.38. The normalized spacial score (nSPS) is 16.5. The van der Waals surface area contributed by atoms with Gasteiger partial charge >= 0.3 is 0 Å². The number of ether oxygens (including phenoxy) is 2. The second-order valence-electron chi connectivity index (χ2n) is 3.59. The van der Waals surface area contributed by atoms with Crippen LogP contribution in [0.1, 0.15) is 33.6 Å². The minimum atomic E-state index is 0.248. The van der Waals surface area contributed by atoms with Crippen molar-refractivity contribution in [2.24, 2.45) is 5.92 Å². The molecule has 2 atom stereocenters. The van der Waals surface area contributed by atoms with Gasteiger partial charge in [-0.05, 0) is 18.8 Å². The van der Waals surface area contributed by atoms with E-state index in [0.29, 0.717) is 5.92 Å². The van der Waals surface area contributed by atoms with E-state index in [1.165, 1.54) is 0 Å². The maximum Gasteiger partial charge on any atom is 0.0835 e. The number of hydrogen-bond donors (Lipinski definition) is 0. The van der Waals surface area contributed by atoms with E-state index < -0.39 is 0 Å². The summed E-state index contributed by atoms with van der Waals surface area (Å²) in [6.07, 6.45) is 2.59. The third-order valence-electron chi connectivity index (χ3n) is 2.13. The van der Waals surface area contributed by atoms with E-state index in [-0.39, 0.29) is 12.2 Å². The molecular weight excluding hydrogens is 152 g/mol. The van der Waals surface area contributed by atoms with E-state index in [2.05, 4.69) is 20.8 Å². The fourth-order valence-electron chi connectivity index (χ4n) is 1.45. The summed E-state index contributed by atoms with van der Waals surface area (Å²) in [7, 11) is 3.51. The molecule has 0 rings (SSSR count). The van der Waals surface area contributed by atoms with E-state index in [4.69, 9.17) is 9.47 Å². The Hall–Kier alpha value is -0.0800. The van der Waals surface area contributed by atoms with Gasteiger partial charge in [-0.3, -0.25) is 0 Å². The summed E-state index contributed by atoms with van der Waals surface area (Å²) in [5.41, 5.74) is 0. The third-order valence-corrected chi connectivity index (χ3v) is 2.13. The van der Waals surface area contributed by atoms with Crippen LogP contribution in [0.5, 0.6) is 0 Å². The molecule has 2 heteroatoms. The predicted octanol–water partition coefficient (Wildman–Crippen LogP) is 2.47. The Morgan fingerprint density at radius 3 is 1.75 bits per heavy atom. The smallest absolute Gasteiger partial charge is 0.0835 e. The Morgan fingerprint density at radius 2 is 1.50 bits per heavy atom. The standard InChI is InChI=1S/C10H22O2/c1-6-9(11-4)10(12-5)7-8(2)3/h8-10H,6-7H2,1-5H3. The molecule has 0 aromatic rings. The van der Waals surface area contributed by atoms with Gasteiger partial charge in [0.25, 0.3) is 0 Å². The van der Waals surface area contributed by atoms with Crippen LogP contribution in [0.2, 0.25) is 0 Å². The highest BCUT2D eigenvalue weighted by Gasteiger charge is 2.19. The minimum Gasteiger partial charge on any atom is -0.379 e. The molecule has 0 N–H and O–H groups in total. The predicted molar refractivity (Wildman–Crippen MR) is 51.3 cm³/mol. The summed E-state index contributed by atoms with van der Waals surface area (Å²) >= 11 is 0. The van der Waals surface area contributed by atoms with Gasteiger partial charge in [0.05, 0.1) is 12.2 Å². The first-order valence-electron chi connectivity index (χ1n) is 4.71. The van der Waals surface area contributed by atoms with Crippen LogP contribution in [0.3, 0.4) is 0 Å². The van der Waals surface area contributed by atoms with Crippen molar-refractivity contribution >= 4 is 0 Å². The third kappa shape index (κ3) is 4.07. The summed E-state index contributed by atoms with van der Waals surface area (Å²) in [4.78, 5) is 0. The summed E-state index contributed by atoms with van der Waals surface area (Å²) in [6, 6.07) is 0. The van der Waals surface area contributed by atoms with Crippen molar-refractivity contribution in [1.29, 1.82) is 0 Å². The second kappa shape index (κ2) is 6.44. The zero-order valence-corrected chi connectivity index (χ0v) is 8.96. The zero-order valence-electron chi connectivity index (χ0n) is 8.96. The molecule has 0 saturated carbocycles. The molecule has 74 valence electrons. The van der Waals surface area contributed by atoms with Gasteiger partial charge in [-0.2, -0.15) is 0 Å². The van der Waals surface area contributed by atoms with Crippen molar-refractivity contribution in [3.63, 3.8) is 0 Å². The molecule has 0 radical (unpaired) electrons. The lowest BCUT2D eigenvalue weighted by molar-refractivity contribution is -0.0460. The molecule has 12 heavy (non-hydrogen) atoms. The van der Waals surface area contributed by atoms with Crippen LogP contribution in [0.15, 0.2) is 0 Å². The molecule has 0 aliphatic heterocycles. The van der Waals surface area contributed by atoms with Gasteiger partial charge in [-0.15, -0.1) is 0 Å². The van der Waals surface area contributed by atoms with E-state index in [0.717, 1.165) is 12.8 Å². The Labute approximate surface area is 76.3 Å². The monoisotopic (exact) mass is 174 g/mol. The van der Waals surface area contributed by atoms with Crippen LogP contribution >= 0.6 is 0 Å². The Balaban J connectivity index is 3.92. The average molecular weight is 174 g/mol. The first-order valence-corrected chi connectivity index (χ1v) is 4.71. The van der Waals surface area contributed by atoms with Crippen LogP contribution in [0.4, 0.5) is 0 Å². The molecule has 0 aromatic carbocycles. The molecule has 2 unspecified atom stereocenters. The molecule has 0 aliphatic rings. The zero-order chi connectivity index (χ0) is 9.56. The summed E-state index contributed by atoms with van der Waals surface area (Å²) in [6.45, 7) is 6.53. The molecule has 0 bridgehead atoms. The van der Waals surface area contributed by atoms with Crippen molar-refractivity contribution < 1.29 is 9.47 Å². The van der Waals surface area contributed by atoms with Crippen LogP contribution in [0.25, 0.3) is 0 Å². The molecular formula is C10H22O2. The van der Waals surface area contributed by atoms with E-state index in [1.807, 2.05) is 0 Å². The maximum absolute atomic E-state index is 5.38. The number of methoxy groups -OCH3 is 2. The van der Waals surface area contributed by atoms with Crippen LogP contribution in [0, 0.1) is 5.92 Å². The quantitative estimate of drug-likeness (QED) is 0.616. The first kappa shape index (κ1) is 11.9. The van der Waals surface area contributed by atoms with Crippen LogP contribution < -0.4 is 0 Å². The molecule has 0 amide bonds. The lowest BCUT2D eigenvalue weighted by atomic mass is 10.0. The Kier molecular flexibility index (Phi) is 6.39. The summed E-state index contributed by atoms with van der Waals surface area (Å²) in [5, 5.41) is 0.